The number of nitrogens with zero attached hydrogens (tertiary/aromatic N) is 5. The van der Waals surface area contributed by atoms with Crippen LogP contribution in [0.2, 0.25) is 0 Å². The van der Waals surface area contributed by atoms with E-state index in [0.29, 0.717) is 35.5 Å². The van der Waals surface area contributed by atoms with Crippen LogP contribution in [0.5, 0.6) is 0 Å². The minimum absolute atomic E-state index is 0.139. The average Bonchev–Trinajstić information content (AvgIpc) is 3.21. The summed E-state index contributed by atoms with van der Waals surface area (Å²) in [5.74, 6) is 0.744. The quantitative estimate of drug-likeness (QED) is 0.263. The number of amides is 1. The number of aromatic nitrogens is 3. The fourth-order valence-electron chi connectivity index (χ4n) is 3.76. The van der Waals surface area contributed by atoms with Gasteiger partial charge in [0, 0.05) is 42.7 Å². The molecular weight excluding hydrogens is 440 g/mol. The van der Waals surface area contributed by atoms with E-state index in [1.807, 2.05) is 6.07 Å². The summed E-state index contributed by atoms with van der Waals surface area (Å²) in [6.07, 6.45) is 1.54. The zero-order valence-corrected chi connectivity index (χ0v) is 17.9. The second-order valence-electron chi connectivity index (χ2n) is 7.71. The molecular formula is C23H20N6O5. The van der Waals surface area contributed by atoms with Crippen molar-refractivity contribution in [1.29, 1.82) is 0 Å². The van der Waals surface area contributed by atoms with Gasteiger partial charge in [0.25, 0.3) is 11.6 Å². The van der Waals surface area contributed by atoms with Crippen molar-refractivity contribution in [2.75, 3.05) is 36.5 Å². The molecule has 0 bridgehead atoms. The molecule has 34 heavy (non-hydrogen) atoms. The van der Waals surface area contributed by atoms with E-state index in [9.17, 15) is 20.1 Å². The number of hydrogen-bond donors (Lipinski definition) is 2. The summed E-state index contributed by atoms with van der Waals surface area (Å²) in [6, 6.07) is 14.4. The van der Waals surface area contributed by atoms with Gasteiger partial charge in [-0.15, -0.1) is 0 Å². The van der Waals surface area contributed by atoms with Crippen LogP contribution in [0.25, 0.3) is 22.4 Å². The lowest BCUT2D eigenvalue weighted by atomic mass is 10.2. The molecule has 1 saturated heterocycles. The second kappa shape index (κ2) is 8.79. The maximum atomic E-state index is 12.6. The van der Waals surface area contributed by atoms with Crippen LogP contribution in [0.1, 0.15) is 10.4 Å². The number of carbonyl (C=O) groups excluding carboxylic acids is 1. The number of nitro benzene ring substituents is 1. The van der Waals surface area contributed by atoms with E-state index in [-0.39, 0.29) is 22.9 Å². The molecule has 1 aliphatic heterocycles. The second-order valence-corrected chi connectivity index (χ2v) is 7.71. The predicted octanol–water partition coefficient (Wildman–Crippen LogP) is 3.33. The van der Waals surface area contributed by atoms with Gasteiger partial charge in [-0.3, -0.25) is 14.9 Å². The molecule has 2 aromatic carbocycles. The number of nitro groups is 1. The van der Waals surface area contributed by atoms with Gasteiger partial charge in [0.2, 0.25) is 0 Å². The number of rotatable bonds is 5. The Morgan fingerprint density at radius 3 is 2.53 bits per heavy atom. The number of nitrogens with one attached hydrogen (secondary N) is 1. The first-order valence-electron chi connectivity index (χ1n) is 10.6. The normalized spacial score (nSPS) is 13.7. The highest BCUT2D eigenvalue weighted by molar-refractivity contribution is 6.04. The van der Waals surface area contributed by atoms with Gasteiger partial charge in [0.1, 0.15) is 11.3 Å². The number of anilines is 2. The number of pyridine rings is 1. The minimum atomic E-state index is -0.532. The number of morpholine rings is 1. The summed E-state index contributed by atoms with van der Waals surface area (Å²) in [5.41, 5.74) is 2.08. The molecule has 0 unspecified atom stereocenters. The van der Waals surface area contributed by atoms with Crippen molar-refractivity contribution >= 4 is 34.1 Å². The highest BCUT2D eigenvalue weighted by atomic mass is 16.6. The fourth-order valence-corrected chi connectivity index (χ4v) is 3.76. The van der Waals surface area contributed by atoms with Crippen molar-refractivity contribution in [3.05, 3.63) is 76.5 Å². The van der Waals surface area contributed by atoms with Crippen LogP contribution in [-0.4, -0.2) is 57.0 Å². The van der Waals surface area contributed by atoms with Crippen LogP contribution < -0.4 is 10.2 Å². The highest BCUT2D eigenvalue weighted by Gasteiger charge is 2.17. The summed E-state index contributed by atoms with van der Waals surface area (Å²) in [6.45, 7) is 2.85. The third-order valence-corrected chi connectivity index (χ3v) is 5.57. The lowest BCUT2D eigenvalue weighted by Gasteiger charge is -2.27. The molecule has 0 radical (unpaired) electrons. The molecule has 1 fully saturated rings. The molecule has 1 aliphatic rings. The maximum absolute atomic E-state index is 12.6. The van der Waals surface area contributed by atoms with Gasteiger partial charge < -0.3 is 20.2 Å². The van der Waals surface area contributed by atoms with Gasteiger partial charge in [-0.25, -0.2) is 9.97 Å². The first-order valence-corrected chi connectivity index (χ1v) is 10.6. The first kappa shape index (κ1) is 21.3. The number of carbonyl (C=O) groups is 1. The molecule has 0 spiro atoms. The molecule has 11 nitrogen and oxygen atoms in total. The topological polar surface area (TPSA) is 136 Å². The van der Waals surface area contributed by atoms with Gasteiger partial charge in [-0.2, -0.15) is 4.73 Å². The van der Waals surface area contributed by atoms with Crippen LogP contribution in [0.15, 0.2) is 60.8 Å². The lowest BCUT2D eigenvalue weighted by Crippen LogP contribution is -2.36. The number of benzene rings is 2. The number of fused-ring (bicyclic) bond motifs is 1. The summed E-state index contributed by atoms with van der Waals surface area (Å²) >= 11 is 0. The molecule has 0 atom stereocenters. The zero-order chi connectivity index (χ0) is 23.7. The fraction of sp³-hybridized carbons (Fsp3) is 0.174. The summed E-state index contributed by atoms with van der Waals surface area (Å²) in [7, 11) is 0. The molecule has 0 saturated carbocycles. The summed E-state index contributed by atoms with van der Waals surface area (Å²) in [4.78, 5) is 33.9. The van der Waals surface area contributed by atoms with Crippen molar-refractivity contribution in [1.82, 2.24) is 14.7 Å². The largest absolute Gasteiger partial charge is 0.426 e. The van der Waals surface area contributed by atoms with Crippen molar-refractivity contribution < 1.29 is 19.7 Å². The minimum Gasteiger partial charge on any atom is -0.426 e. The van der Waals surface area contributed by atoms with Crippen LogP contribution in [-0.2, 0) is 4.74 Å². The van der Waals surface area contributed by atoms with Crippen molar-refractivity contribution in [3.63, 3.8) is 0 Å². The Kier molecular flexibility index (Phi) is 5.52. The zero-order valence-electron chi connectivity index (χ0n) is 17.9. The van der Waals surface area contributed by atoms with Crippen molar-refractivity contribution in [2.45, 2.75) is 0 Å². The molecule has 5 rings (SSSR count). The van der Waals surface area contributed by atoms with Crippen LogP contribution in [0.3, 0.4) is 0 Å². The van der Waals surface area contributed by atoms with Crippen molar-refractivity contribution in [2.24, 2.45) is 0 Å². The number of hydrogen-bond acceptors (Lipinski definition) is 8. The van der Waals surface area contributed by atoms with E-state index < -0.39 is 4.92 Å². The molecule has 4 aromatic rings. The summed E-state index contributed by atoms with van der Waals surface area (Å²) in [5, 5.41) is 24.3. The van der Waals surface area contributed by atoms with Gasteiger partial charge in [-0.1, -0.05) is 0 Å². The van der Waals surface area contributed by atoms with Gasteiger partial charge in [0.05, 0.1) is 29.2 Å². The SMILES string of the molecule is O=C(Nc1ccc(-c2nc3ccc([N+](=O)[O-])cc3n2O)cc1)c1ccc(N2CCOCC2)nc1. The molecule has 11 heteroatoms. The summed E-state index contributed by atoms with van der Waals surface area (Å²) < 4.78 is 6.16. The first-order chi connectivity index (χ1) is 16.5. The predicted molar refractivity (Wildman–Crippen MR) is 124 cm³/mol. The Morgan fingerprint density at radius 2 is 1.85 bits per heavy atom. The Morgan fingerprint density at radius 1 is 1.09 bits per heavy atom. The third-order valence-electron chi connectivity index (χ3n) is 5.57. The monoisotopic (exact) mass is 460 g/mol. The van der Waals surface area contributed by atoms with E-state index >= 15 is 0 Å². The Bertz CT molecular complexity index is 1360. The van der Waals surface area contributed by atoms with Crippen LogP contribution in [0, 0.1) is 10.1 Å². The molecule has 0 aliphatic carbocycles. The maximum Gasteiger partial charge on any atom is 0.271 e. The van der Waals surface area contributed by atoms with Gasteiger partial charge in [0.15, 0.2) is 5.82 Å². The Hall–Kier alpha value is -4.51. The molecule has 3 heterocycles. The Balaban J connectivity index is 1.30. The number of imidazole rings is 1. The standard InChI is InChI=1S/C23H20N6O5/c30-23(16-3-8-21(24-14-16)27-9-11-34-12-10-27)25-17-4-1-15(2-5-17)22-26-19-7-6-18(29(32)33)13-20(19)28(22)31/h1-8,13-14,31H,9-12H2,(H,25,30). The molecule has 172 valence electrons. The van der Waals surface area contributed by atoms with Gasteiger partial charge in [-0.05, 0) is 42.5 Å². The molecule has 2 N–H and O–H groups in total. The third kappa shape index (κ3) is 4.11. The van der Waals surface area contributed by atoms with E-state index in [0.717, 1.165) is 23.6 Å². The number of ether oxygens (including phenoxy) is 1. The average molecular weight is 460 g/mol. The van der Waals surface area contributed by atoms with Crippen LogP contribution in [0.4, 0.5) is 17.2 Å². The van der Waals surface area contributed by atoms with Gasteiger partial charge >= 0.3 is 0 Å². The molecule has 1 amide bonds. The van der Waals surface area contributed by atoms with E-state index in [1.165, 1.54) is 18.2 Å². The van der Waals surface area contributed by atoms with E-state index in [1.54, 1.807) is 36.5 Å². The van der Waals surface area contributed by atoms with Crippen LogP contribution >= 0.6 is 0 Å². The van der Waals surface area contributed by atoms with E-state index in [2.05, 4.69) is 20.2 Å². The molecule has 2 aromatic heterocycles. The smallest absolute Gasteiger partial charge is 0.271 e. The van der Waals surface area contributed by atoms with E-state index in [4.69, 9.17) is 4.74 Å². The van der Waals surface area contributed by atoms with Crippen molar-refractivity contribution in [3.8, 4) is 11.4 Å². The highest BCUT2D eigenvalue weighted by Crippen LogP contribution is 2.27. The Labute approximate surface area is 193 Å². The lowest BCUT2D eigenvalue weighted by molar-refractivity contribution is -0.384. The number of non-ortho nitro benzene ring substituents is 1.